The van der Waals surface area contributed by atoms with Crippen molar-refractivity contribution < 1.29 is 54.9 Å². The van der Waals surface area contributed by atoms with E-state index in [-0.39, 0.29) is 39.3 Å². The molecular formula is C23H16F3NO9S. The highest BCUT2D eigenvalue weighted by atomic mass is 32.2. The van der Waals surface area contributed by atoms with Crippen LogP contribution in [0.2, 0.25) is 0 Å². The zero-order valence-corrected chi connectivity index (χ0v) is 19.5. The van der Waals surface area contributed by atoms with Gasteiger partial charge in [-0.05, 0) is 42.6 Å². The van der Waals surface area contributed by atoms with Crippen LogP contribution in [-0.4, -0.2) is 54.5 Å². The van der Waals surface area contributed by atoms with Gasteiger partial charge in [0.05, 0.1) is 28.9 Å². The lowest BCUT2D eigenvalue weighted by Crippen LogP contribution is -2.44. The number of aromatic carboxylic acids is 1. The van der Waals surface area contributed by atoms with Gasteiger partial charge in [0.15, 0.2) is 0 Å². The summed E-state index contributed by atoms with van der Waals surface area (Å²) >= 11 is 0. The number of hydroxylamine groups is 2. The van der Waals surface area contributed by atoms with Crippen LogP contribution in [0, 0.1) is 0 Å². The second-order valence-electron chi connectivity index (χ2n) is 7.19. The second kappa shape index (κ2) is 10.4. The van der Waals surface area contributed by atoms with E-state index < -0.39 is 39.4 Å². The predicted molar refractivity (Wildman–Crippen MR) is 120 cm³/mol. The number of carboxylic acid groups (broad SMARTS) is 1. The minimum absolute atomic E-state index is 0.0792. The number of ether oxygens (including phenoxy) is 1. The number of alkyl halides is 3. The summed E-state index contributed by atoms with van der Waals surface area (Å²) in [5.74, 6) is -4.13. The lowest BCUT2D eigenvalue weighted by molar-refractivity contribution is -0.0761. The molecule has 3 aromatic carbocycles. The van der Waals surface area contributed by atoms with Crippen LogP contribution in [0.4, 0.5) is 13.2 Å². The Balaban J connectivity index is 0.000000233. The first kappa shape index (κ1) is 27.3. The van der Waals surface area contributed by atoms with Gasteiger partial charge in [0.25, 0.3) is 11.8 Å². The number of amides is 2. The van der Waals surface area contributed by atoms with E-state index >= 15 is 0 Å². The fourth-order valence-corrected chi connectivity index (χ4v) is 3.63. The van der Waals surface area contributed by atoms with Crippen LogP contribution in [0.1, 0.15) is 48.4 Å². The van der Waals surface area contributed by atoms with E-state index in [0.717, 1.165) is 0 Å². The van der Waals surface area contributed by atoms with Gasteiger partial charge in [0.1, 0.15) is 0 Å². The first-order chi connectivity index (χ1) is 17.3. The maximum absolute atomic E-state index is 12.4. The standard InChI is InChI=1S/C13H6F3NO5S.C10H10O4/c14-13(15,16)23(20,21)22-17-11(18)8-5-1-3-7-4-2-6-9(10(7)8)12(17)19;1-2-14-10(13)8-5-3-4-7(6-8)9(11)12/h1-6H;3-6H,2H2,1H3,(H,11,12). The zero-order chi connectivity index (χ0) is 27.5. The molecule has 4 rings (SSSR count). The smallest absolute Gasteiger partial charge is 0.478 e. The van der Waals surface area contributed by atoms with E-state index in [9.17, 15) is 40.8 Å². The Morgan fingerprint density at radius 2 is 1.43 bits per heavy atom. The number of rotatable bonds is 5. The van der Waals surface area contributed by atoms with Gasteiger partial charge < -0.3 is 9.84 Å². The molecule has 0 spiro atoms. The van der Waals surface area contributed by atoms with Crippen molar-refractivity contribution >= 4 is 44.6 Å². The van der Waals surface area contributed by atoms with Gasteiger partial charge in [0, 0.05) is 5.39 Å². The summed E-state index contributed by atoms with van der Waals surface area (Å²) < 4.78 is 67.8. The molecule has 1 aliphatic rings. The van der Waals surface area contributed by atoms with Crippen molar-refractivity contribution in [3.8, 4) is 0 Å². The molecule has 0 aliphatic carbocycles. The molecule has 0 fully saturated rings. The maximum Gasteiger partial charge on any atom is 0.525 e. The van der Waals surface area contributed by atoms with E-state index in [2.05, 4.69) is 4.28 Å². The largest absolute Gasteiger partial charge is 0.525 e. The average Bonchev–Trinajstić information content (AvgIpc) is 2.85. The van der Waals surface area contributed by atoms with Crippen LogP contribution >= 0.6 is 0 Å². The molecule has 2 amide bonds. The highest BCUT2D eigenvalue weighted by Crippen LogP contribution is 2.32. The van der Waals surface area contributed by atoms with Crippen molar-refractivity contribution in [3.05, 3.63) is 82.9 Å². The highest BCUT2D eigenvalue weighted by molar-refractivity contribution is 7.87. The van der Waals surface area contributed by atoms with Gasteiger partial charge in [-0.2, -0.15) is 21.6 Å². The third kappa shape index (κ3) is 5.59. The van der Waals surface area contributed by atoms with Crippen molar-refractivity contribution in [2.75, 3.05) is 6.61 Å². The molecule has 0 saturated carbocycles. The minimum atomic E-state index is -6.15. The van der Waals surface area contributed by atoms with Crippen LogP contribution in [0.5, 0.6) is 0 Å². The van der Waals surface area contributed by atoms with E-state index in [0.29, 0.717) is 5.39 Å². The number of hydrogen-bond donors (Lipinski definition) is 1. The van der Waals surface area contributed by atoms with Crippen LogP contribution in [-0.2, 0) is 19.1 Å². The number of esters is 1. The van der Waals surface area contributed by atoms with E-state index in [1.165, 1.54) is 48.5 Å². The van der Waals surface area contributed by atoms with Gasteiger partial charge >= 0.3 is 27.6 Å². The van der Waals surface area contributed by atoms with E-state index in [4.69, 9.17) is 9.84 Å². The highest BCUT2D eigenvalue weighted by Gasteiger charge is 2.51. The first-order valence-corrected chi connectivity index (χ1v) is 11.6. The Morgan fingerprint density at radius 3 is 1.92 bits per heavy atom. The van der Waals surface area contributed by atoms with E-state index in [1.807, 2.05) is 0 Å². The number of benzene rings is 3. The minimum Gasteiger partial charge on any atom is -0.478 e. The van der Waals surface area contributed by atoms with Crippen molar-refractivity contribution in [1.82, 2.24) is 5.06 Å². The molecule has 0 bridgehead atoms. The molecule has 194 valence electrons. The summed E-state index contributed by atoms with van der Waals surface area (Å²) in [5.41, 5.74) is -5.69. The summed E-state index contributed by atoms with van der Waals surface area (Å²) in [5, 5.41) is 9.02. The fraction of sp³-hybridized carbons (Fsp3) is 0.130. The van der Waals surface area contributed by atoms with E-state index in [1.54, 1.807) is 19.1 Å². The molecule has 10 nitrogen and oxygen atoms in total. The third-order valence-electron chi connectivity index (χ3n) is 4.81. The van der Waals surface area contributed by atoms with Crippen molar-refractivity contribution in [2.45, 2.75) is 12.4 Å². The third-order valence-corrected chi connectivity index (χ3v) is 5.72. The first-order valence-electron chi connectivity index (χ1n) is 10.2. The average molecular weight is 539 g/mol. The molecule has 1 heterocycles. The van der Waals surface area contributed by atoms with Crippen molar-refractivity contribution in [2.24, 2.45) is 0 Å². The monoisotopic (exact) mass is 539 g/mol. The van der Waals surface area contributed by atoms with Gasteiger partial charge in [0.2, 0.25) is 0 Å². The van der Waals surface area contributed by atoms with Gasteiger partial charge in [-0.3, -0.25) is 9.59 Å². The number of carboxylic acids is 1. The quantitative estimate of drug-likeness (QED) is 0.291. The molecule has 0 atom stereocenters. The van der Waals surface area contributed by atoms with Crippen LogP contribution in [0.3, 0.4) is 0 Å². The summed E-state index contributed by atoms with van der Waals surface area (Å²) in [6.07, 6.45) is 0. The molecule has 0 saturated heterocycles. The SMILES string of the molecule is CCOC(=O)c1cccc(C(=O)O)c1.O=C1c2cccc3cccc(c23)C(=O)N1OS(=O)(=O)C(F)(F)F. The summed E-state index contributed by atoms with van der Waals surface area (Å²) in [6.45, 7) is 1.97. The van der Waals surface area contributed by atoms with Crippen molar-refractivity contribution in [1.29, 1.82) is 0 Å². The lowest BCUT2D eigenvalue weighted by Gasteiger charge is -2.25. The van der Waals surface area contributed by atoms with Crippen molar-refractivity contribution in [3.63, 3.8) is 0 Å². The van der Waals surface area contributed by atoms with Crippen LogP contribution in [0.25, 0.3) is 10.8 Å². The molecule has 0 aromatic heterocycles. The Labute approximate surface area is 206 Å². The Morgan fingerprint density at radius 1 is 0.919 bits per heavy atom. The second-order valence-corrected chi connectivity index (χ2v) is 8.71. The Hall–Kier alpha value is -4.30. The lowest BCUT2D eigenvalue weighted by atomic mass is 9.95. The Kier molecular flexibility index (Phi) is 7.64. The maximum atomic E-state index is 12.4. The molecular weight excluding hydrogens is 523 g/mol. The van der Waals surface area contributed by atoms with Crippen LogP contribution < -0.4 is 0 Å². The molecule has 37 heavy (non-hydrogen) atoms. The number of hydrogen-bond acceptors (Lipinski definition) is 8. The number of carbonyl (C=O) groups is 4. The molecule has 1 N–H and O–H groups in total. The van der Waals surface area contributed by atoms with Gasteiger partial charge in [-0.15, -0.1) is 9.35 Å². The fourth-order valence-electron chi connectivity index (χ4n) is 3.21. The topological polar surface area (TPSA) is 144 Å². The summed E-state index contributed by atoms with van der Waals surface area (Å²) in [4.78, 5) is 46.1. The number of carbonyl (C=O) groups excluding carboxylic acids is 3. The predicted octanol–water partition coefficient (Wildman–Crippen LogP) is 3.78. The molecule has 0 unspecified atom stereocenters. The zero-order valence-electron chi connectivity index (χ0n) is 18.7. The number of nitrogens with zero attached hydrogens (tertiary/aromatic N) is 1. The summed E-state index contributed by atoms with van der Waals surface area (Å²) in [6, 6.07) is 14.4. The molecule has 0 radical (unpaired) electrons. The Bertz CT molecular complexity index is 1470. The molecule has 14 heteroatoms. The molecule has 3 aromatic rings. The number of imide groups is 1. The summed E-state index contributed by atoms with van der Waals surface area (Å²) in [7, 11) is -6.15. The van der Waals surface area contributed by atoms with Gasteiger partial charge in [-0.1, -0.05) is 30.3 Å². The number of halogens is 3. The molecule has 1 aliphatic heterocycles. The van der Waals surface area contributed by atoms with Gasteiger partial charge in [-0.25, -0.2) is 9.59 Å². The normalized spacial score (nSPS) is 13.1. The van der Waals surface area contributed by atoms with Crippen LogP contribution in [0.15, 0.2) is 60.7 Å².